The highest BCUT2D eigenvalue weighted by molar-refractivity contribution is 9.10. The van der Waals surface area contributed by atoms with Crippen molar-refractivity contribution in [3.63, 3.8) is 0 Å². The molecule has 0 aliphatic rings. The second kappa shape index (κ2) is 6.66. The van der Waals surface area contributed by atoms with Crippen molar-refractivity contribution >= 4 is 27.5 Å². The van der Waals surface area contributed by atoms with Crippen LogP contribution in [0.4, 0.5) is 8.78 Å². The standard InChI is InChI=1S/C15H13BrClF2N/c1-20-14(10-5-11(16)8-12(18)6-10)7-9-3-2-4-13(19)15(9)17/h2-6,8,14,20H,7H2,1H3. The zero-order valence-electron chi connectivity index (χ0n) is 10.8. The molecule has 2 aromatic carbocycles. The molecule has 0 heterocycles. The second-order valence-electron chi connectivity index (χ2n) is 4.46. The molecule has 0 bridgehead atoms. The van der Waals surface area contributed by atoms with E-state index in [2.05, 4.69) is 21.2 Å². The van der Waals surface area contributed by atoms with Crippen molar-refractivity contribution in [1.29, 1.82) is 0 Å². The molecule has 2 rings (SSSR count). The highest BCUT2D eigenvalue weighted by Crippen LogP contribution is 2.27. The molecule has 1 atom stereocenters. The molecule has 20 heavy (non-hydrogen) atoms. The smallest absolute Gasteiger partial charge is 0.142 e. The van der Waals surface area contributed by atoms with Crippen LogP contribution in [-0.2, 0) is 6.42 Å². The molecule has 2 aromatic rings. The van der Waals surface area contributed by atoms with Crippen molar-refractivity contribution in [3.8, 4) is 0 Å². The summed E-state index contributed by atoms with van der Waals surface area (Å²) in [5, 5.41) is 3.21. The number of rotatable bonds is 4. The van der Waals surface area contributed by atoms with E-state index in [1.54, 1.807) is 19.2 Å². The van der Waals surface area contributed by atoms with Crippen LogP contribution in [0.1, 0.15) is 17.2 Å². The Morgan fingerprint density at radius 2 is 2.00 bits per heavy atom. The van der Waals surface area contributed by atoms with Crippen LogP contribution >= 0.6 is 27.5 Å². The Bertz CT molecular complexity index is 599. The van der Waals surface area contributed by atoms with Crippen LogP contribution in [0.5, 0.6) is 0 Å². The maximum atomic E-state index is 13.5. The van der Waals surface area contributed by atoms with Gasteiger partial charge in [-0.25, -0.2) is 8.78 Å². The van der Waals surface area contributed by atoms with E-state index in [1.807, 2.05) is 6.07 Å². The fraction of sp³-hybridized carbons (Fsp3) is 0.200. The van der Waals surface area contributed by atoms with Crippen molar-refractivity contribution in [2.75, 3.05) is 7.05 Å². The highest BCUT2D eigenvalue weighted by atomic mass is 79.9. The molecule has 0 saturated heterocycles. The number of likely N-dealkylation sites (N-methyl/N-ethyl adjacent to an activating group) is 1. The van der Waals surface area contributed by atoms with Crippen LogP contribution in [0.2, 0.25) is 5.02 Å². The summed E-state index contributed by atoms with van der Waals surface area (Å²) in [6.45, 7) is 0. The minimum Gasteiger partial charge on any atom is -0.313 e. The lowest BCUT2D eigenvalue weighted by Crippen LogP contribution is -2.19. The van der Waals surface area contributed by atoms with Gasteiger partial charge in [0.25, 0.3) is 0 Å². The van der Waals surface area contributed by atoms with E-state index in [0.29, 0.717) is 16.5 Å². The van der Waals surface area contributed by atoms with E-state index >= 15 is 0 Å². The van der Waals surface area contributed by atoms with Gasteiger partial charge in [0.2, 0.25) is 0 Å². The topological polar surface area (TPSA) is 12.0 Å². The van der Waals surface area contributed by atoms with E-state index in [-0.39, 0.29) is 16.9 Å². The highest BCUT2D eigenvalue weighted by Gasteiger charge is 2.15. The number of hydrogen-bond donors (Lipinski definition) is 1. The molecule has 0 aromatic heterocycles. The number of halogens is 4. The fourth-order valence-electron chi connectivity index (χ4n) is 2.09. The molecule has 0 aliphatic carbocycles. The van der Waals surface area contributed by atoms with Gasteiger partial charge in [0.1, 0.15) is 11.6 Å². The molecule has 0 saturated carbocycles. The molecular weight excluding hydrogens is 348 g/mol. The number of benzene rings is 2. The molecule has 0 aliphatic heterocycles. The van der Waals surface area contributed by atoms with Gasteiger partial charge in [0.05, 0.1) is 5.02 Å². The van der Waals surface area contributed by atoms with Gasteiger partial charge in [-0.05, 0) is 48.9 Å². The largest absolute Gasteiger partial charge is 0.313 e. The van der Waals surface area contributed by atoms with E-state index in [0.717, 1.165) is 5.56 Å². The molecule has 1 N–H and O–H groups in total. The van der Waals surface area contributed by atoms with Gasteiger partial charge >= 0.3 is 0 Å². The molecule has 5 heteroatoms. The van der Waals surface area contributed by atoms with Crippen molar-refractivity contribution < 1.29 is 8.78 Å². The maximum absolute atomic E-state index is 13.5. The first-order valence-corrected chi connectivity index (χ1v) is 7.24. The van der Waals surface area contributed by atoms with Gasteiger partial charge < -0.3 is 5.32 Å². The fourth-order valence-corrected chi connectivity index (χ4v) is 2.78. The number of nitrogens with one attached hydrogen (secondary N) is 1. The van der Waals surface area contributed by atoms with Crippen molar-refractivity contribution in [1.82, 2.24) is 5.32 Å². The third-order valence-electron chi connectivity index (χ3n) is 3.09. The summed E-state index contributed by atoms with van der Waals surface area (Å²) in [6.07, 6.45) is 0.475. The molecule has 106 valence electrons. The predicted octanol–water partition coefficient (Wildman–Crippen LogP) is 4.88. The van der Waals surface area contributed by atoms with Gasteiger partial charge in [-0.3, -0.25) is 0 Å². The summed E-state index contributed by atoms with van der Waals surface area (Å²) in [7, 11) is 1.77. The Morgan fingerprint density at radius 3 is 2.65 bits per heavy atom. The van der Waals surface area contributed by atoms with Crippen LogP contribution in [0, 0.1) is 11.6 Å². The van der Waals surface area contributed by atoms with Crippen LogP contribution in [0.3, 0.4) is 0 Å². The van der Waals surface area contributed by atoms with Crippen molar-refractivity contribution in [2.24, 2.45) is 0 Å². The summed E-state index contributed by atoms with van der Waals surface area (Å²) in [5.41, 5.74) is 1.46. The zero-order valence-corrected chi connectivity index (χ0v) is 13.1. The molecule has 0 spiro atoms. The van der Waals surface area contributed by atoms with Gasteiger partial charge in [-0.15, -0.1) is 0 Å². The maximum Gasteiger partial charge on any atom is 0.142 e. The Kier molecular flexibility index (Phi) is 5.13. The molecular formula is C15H13BrClF2N. The van der Waals surface area contributed by atoms with Gasteiger partial charge in [-0.2, -0.15) is 0 Å². The van der Waals surface area contributed by atoms with Gasteiger partial charge in [-0.1, -0.05) is 39.7 Å². The van der Waals surface area contributed by atoms with Gasteiger partial charge in [0.15, 0.2) is 0 Å². The summed E-state index contributed by atoms with van der Waals surface area (Å²) in [4.78, 5) is 0. The average Bonchev–Trinajstić information content (AvgIpc) is 2.39. The molecule has 0 amide bonds. The Labute approximate surface area is 130 Å². The predicted molar refractivity (Wildman–Crippen MR) is 81.0 cm³/mol. The lowest BCUT2D eigenvalue weighted by Gasteiger charge is -2.18. The minimum atomic E-state index is -0.445. The normalized spacial score (nSPS) is 12.4. The van der Waals surface area contributed by atoms with Crippen molar-refractivity contribution in [3.05, 3.63) is 68.7 Å². The lowest BCUT2D eigenvalue weighted by molar-refractivity contribution is 0.572. The van der Waals surface area contributed by atoms with Crippen LogP contribution in [0.25, 0.3) is 0 Å². The minimum absolute atomic E-state index is 0.114. The first-order chi connectivity index (χ1) is 9.51. The third kappa shape index (κ3) is 3.57. The van der Waals surface area contributed by atoms with Crippen LogP contribution < -0.4 is 5.32 Å². The summed E-state index contributed by atoms with van der Waals surface area (Å²) < 4.78 is 27.6. The lowest BCUT2D eigenvalue weighted by atomic mass is 9.99. The van der Waals surface area contributed by atoms with E-state index < -0.39 is 5.82 Å². The Morgan fingerprint density at radius 1 is 1.25 bits per heavy atom. The zero-order chi connectivity index (χ0) is 14.7. The van der Waals surface area contributed by atoms with Crippen molar-refractivity contribution in [2.45, 2.75) is 12.5 Å². The Hall–Kier alpha value is -0.970. The third-order valence-corrected chi connectivity index (χ3v) is 3.97. The van der Waals surface area contributed by atoms with E-state index in [9.17, 15) is 8.78 Å². The quantitative estimate of drug-likeness (QED) is 0.819. The summed E-state index contributed by atoms with van der Waals surface area (Å²) in [5.74, 6) is -0.764. The van der Waals surface area contributed by atoms with Crippen LogP contribution in [-0.4, -0.2) is 7.05 Å². The van der Waals surface area contributed by atoms with E-state index in [4.69, 9.17) is 11.6 Å². The summed E-state index contributed by atoms with van der Waals surface area (Å²) in [6, 6.07) is 9.23. The van der Waals surface area contributed by atoms with Crippen LogP contribution in [0.15, 0.2) is 40.9 Å². The molecule has 1 unspecified atom stereocenters. The first-order valence-electron chi connectivity index (χ1n) is 6.07. The monoisotopic (exact) mass is 359 g/mol. The summed E-state index contributed by atoms with van der Waals surface area (Å²) >= 11 is 9.23. The molecule has 1 nitrogen and oxygen atoms in total. The van der Waals surface area contributed by atoms with Gasteiger partial charge in [0, 0.05) is 10.5 Å². The SMILES string of the molecule is CNC(Cc1cccc(F)c1Cl)c1cc(F)cc(Br)c1. The first kappa shape index (κ1) is 15.4. The molecule has 0 radical (unpaired) electrons. The van der Waals surface area contributed by atoms with E-state index in [1.165, 1.54) is 18.2 Å². The Balaban J connectivity index is 2.31. The average molecular weight is 361 g/mol. The number of hydrogen-bond acceptors (Lipinski definition) is 1. The molecule has 0 fully saturated rings. The second-order valence-corrected chi connectivity index (χ2v) is 5.75.